The first kappa shape index (κ1) is 25.2. The van der Waals surface area contributed by atoms with Crippen molar-refractivity contribution >= 4 is 11.8 Å². The van der Waals surface area contributed by atoms with Crippen molar-refractivity contribution in [2.45, 2.75) is 91.1 Å². The molecule has 2 aliphatic carbocycles. The molecule has 2 fully saturated rings. The highest BCUT2D eigenvalue weighted by Crippen LogP contribution is 2.53. The number of ketones is 1. The molecule has 0 aromatic carbocycles. The van der Waals surface area contributed by atoms with Gasteiger partial charge in [0.05, 0.1) is 12.5 Å². The molecular formula is C27H38O4. The Balaban J connectivity index is 2.10. The Morgan fingerprint density at radius 3 is 2.68 bits per heavy atom. The van der Waals surface area contributed by atoms with Crippen molar-refractivity contribution in [3.63, 3.8) is 0 Å². The maximum atomic E-state index is 13.1. The van der Waals surface area contributed by atoms with Gasteiger partial charge in [-0.2, -0.15) is 0 Å². The van der Waals surface area contributed by atoms with Gasteiger partial charge in [-0.1, -0.05) is 44.3 Å². The van der Waals surface area contributed by atoms with E-state index in [0.717, 1.165) is 38.5 Å². The van der Waals surface area contributed by atoms with Crippen LogP contribution in [0.15, 0.2) is 11.6 Å². The minimum absolute atomic E-state index is 0.0434. The molecule has 0 aromatic rings. The minimum atomic E-state index is -0.835. The van der Waals surface area contributed by atoms with Crippen molar-refractivity contribution < 1.29 is 19.8 Å². The topological polar surface area (TPSA) is 74.6 Å². The van der Waals surface area contributed by atoms with Gasteiger partial charge in [-0.25, -0.2) is 0 Å². The van der Waals surface area contributed by atoms with E-state index in [0.29, 0.717) is 25.2 Å². The molecule has 0 amide bonds. The molecule has 0 heterocycles. The standard InChI is InChI=1S/C27H38O4/c1-4-6-8-12-20-17-23-22(21(20)13-9-10-14-26(30)31)18-25(29)27(23)24(28)16-15-19(3)11-7-5-2/h12,19,21-23,25,27,29H,4,6,8,10-11,14-18H2,1-3H3,(H,30,31)/t19?,21?,22-,23?,25+,27-/m1/s1. The van der Waals surface area contributed by atoms with Crippen LogP contribution in [0.4, 0.5) is 0 Å². The molecule has 0 aliphatic heterocycles. The highest BCUT2D eigenvalue weighted by Gasteiger charge is 2.52. The summed E-state index contributed by atoms with van der Waals surface area (Å²) in [6.45, 7) is 6.13. The van der Waals surface area contributed by atoms with Crippen molar-refractivity contribution in [2.75, 3.05) is 0 Å². The third kappa shape index (κ3) is 7.26. The number of carboxylic acids is 1. The van der Waals surface area contributed by atoms with Crippen LogP contribution in [0, 0.1) is 53.3 Å². The summed E-state index contributed by atoms with van der Waals surface area (Å²) in [6.07, 6.45) is 8.92. The zero-order valence-electron chi connectivity index (χ0n) is 19.3. The zero-order valence-corrected chi connectivity index (χ0v) is 19.3. The van der Waals surface area contributed by atoms with Crippen LogP contribution in [-0.2, 0) is 9.59 Å². The third-order valence-electron chi connectivity index (χ3n) is 6.81. The number of carbonyl (C=O) groups is 2. The van der Waals surface area contributed by atoms with Gasteiger partial charge in [0.1, 0.15) is 5.78 Å². The number of carboxylic acid groups (broad SMARTS) is 1. The molecule has 4 heteroatoms. The number of unbranched alkanes of at least 4 members (excludes halogenated alkanes) is 2. The van der Waals surface area contributed by atoms with E-state index in [9.17, 15) is 14.7 Å². The smallest absolute Gasteiger partial charge is 0.304 e. The normalized spacial score (nSPS) is 28.9. The summed E-state index contributed by atoms with van der Waals surface area (Å²) in [7, 11) is 0. The molecule has 6 atom stereocenters. The van der Waals surface area contributed by atoms with Crippen molar-refractivity contribution in [1.29, 1.82) is 0 Å². The third-order valence-corrected chi connectivity index (χ3v) is 6.81. The van der Waals surface area contributed by atoms with Crippen LogP contribution in [0.25, 0.3) is 0 Å². The van der Waals surface area contributed by atoms with E-state index in [1.807, 2.05) is 6.92 Å². The largest absolute Gasteiger partial charge is 0.481 e. The Morgan fingerprint density at radius 2 is 2.00 bits per heavy atom. The molecule has 4 nitrogen and oxygen atoms in total. The fourth-order valence-corrected chi connectivity index (χ4v) is 5.13. The van der Waals surface area contributed by atoms with Gasteiger partial charge in [0.25, 0.3) is 0 Å². The number of Topliss-reactive ketones (excluding diaryl/α,β-unsaturated/α-hetero) is 1. The van der Waals surface area contributed by atoms with E-state index in [1.54, 1.807) is 0 Å². The Hall–Kier alpha value is -2.04. The fraction of sp³-hybridized carbons (Fsp3) is 0.704. The van der Waals surface area contributed by atoms with Gasteiger partial charge in [0.15, 0.2) is 0 Å². The molecule has 0 bridgehead atoms. The second-order valence-electron chi connectivity index (χ2n) is 9.22. The van der Waals surface area contributed by atoms with E-state index < -0.39 is 12.1 Å². The van der Waals surface area contributed by atoms with Gasteiger partial charge in [-0.05, 0) is 50.4 Å². The van der Waals surface area contributed by atoms with E-state index in [1.165, 1.54) is 5.57 Å². The molecule has 31 heavy (non-hydrogen) atoms. The summed E-state index contributed by atoms with van der Waals surface area (Å²) in [6, 6.07) is 0. The Bertz CT molecular complexity index is 773. The Kier molecular flexibility index (Phi) is 10.4. The van der Waals surface area contributed by atoms with Gasteiger partial charge in [-0.3, -0.25) is 9.59 Å². The van der Waals surface area contributed by atoms with E-state index >= 15 is 0 Å². The summed E-state index contributed by atoms with van der Waals surface area (Å²) >= 11 is 0. The van der Waals surface area contributed by atoms with Crippen LogP contribution in [0.3, 0.4) is 0 Å². The fourth-order valence-electron chi connectivity index (χ4n) is 5.13. The number of aliphatic hydroxyl groups excluding tert-OH is 1. The van der Waals surface area contributed by atoms with Crippen LogP contribution in [0.2, 0.25) is 0 Å². The minimum Gasteiger partial charge on any atom is -0.481 e. The average molecular weight is 427 g/mol. The maximum absolute atomic E-state index is 13.1. The van der Waals surface area contributed by atoms with Gasteiger partial charge < -0.3 is 10.2 Å². The van der Waals surface area contributed by atoms with Crippen LogP contribution < -0.4 is 0 Å². The van der Waals surface area contributed by atoms with Gasteiger partial charge in [-0.15, -0.1) is 17.8 Å². The Labute approximate surface area is 187 Å². The SMILES string of the molecule is CC#CCC(C)CCC(=O)[C@H]1C2CC(=CCCCC)C(C#CCCC(=O)O)[C@H]2C[C@@H]1O. The lowest BCUT2D eigenvalue weighted by Gasteiger charge is -2.20. The molecule has 3 unspecified atom stereocenters. The molecule has 0 radical (unpaired) electrons. The highest BCUT2D eigenvalue weighted by molar-refractivity contribution is 5.82. The number of fused-ring (bicyclic) bond motifs is 1. The first-order valence-electron chi connectivity index (χ1n) is 11.9. The van der Waals surface area contributed by atoms with Gasteiger partial charge in [0.2, 0.25) is 0 Å². The number of hydrogen-bond acceptors (Lipinski definition) is 3. The average Bonchev–Trinajstić information content (AvgIpc) is 3.22. The number of carbonyl (C=O) groups excluding carboxylic acids is 1. The summed E-state index contributed by atoms with van der Waals surface area (Å²) in [5.41, 5.74) is 1.29. The predicted molar refractivity (Wildman–Crippen MR) is 123 cm³/mol. The van der Waals surface area contributed by atoms with Crippen LogP contribution in [0.5, 0.6) is 0 Å². The molecule has 2 rings (SSSR count). The molecule has 2 aliphatic rings. The van der Waals surface area contributed by atoms with Crippen LogP contribution in [-0.4, -0.2) is 28.1 Å². The monoisotopic (exact) mass is 426 g/mol. The summed E-state index contributed by atoms with van der Waals surface area (Å²) in [5, 5.41) is 19.6. The zero-order chi connectivity index (χ0) is 22.8. The number of hydrogen-bond donors (Lipinski definition) is 2. The second kappa shape index (κ2) is 12.7. The summed E-state index contributed by atoms with van der Waals surface area (Å²) in [5.74, 6) is 12.2. The predicted octanol–water partition coefficient (Wildman–Crippen LogP) is 5.00. The lowest BCUT2D eigenvalue weighted by Crippen LogP contribution is -2.28. The molecule has 0 saturated heterocycles. The lowest BCUT2D eigenvalue weighted by atomic mass is 9.84. The van der Waals surface area contributed by atoms with Crippen LogP contribution in [0.1, 0.15) is 85.0 Å². The van der Waals surface area contributed by atoms with E-state index in [2.05, 4.69) is 43.6 Å². The second-order valence-corrected chi connectivity index (χ2v) is 9.22. The van der Waals surface area contributed by atoms with Crippen LogP contribution >= 0.6 is 0 Å². The van der Waals surface area contributed by atoms with Gasteiger partial charge in [0, 0.05) is 31.1 Å². The maximum Gasteiger partial charge on any atom is 0.304 e. The molecule has 2 saturated carbocycles. The molecule has 0 spiro atoms. The van der Waals surface area contributed by atoms with E-state index in [4.69, 9.17) is 5.11 Å². The Morgan fingerprint density at radius 1 is 1.23 bits per heavy atom. The van der Waals surface area contributed by atoms with Crippen molar-refractivity contribution in [3.05, 3.63) is 11.6 Å². The molecule has 0 aromatic heterocycles. The molecule has 170 valence electrons. The van der Waals surface area contributed by atoms with Gasteiger partial charge >= 0.3 is 5.97 Å². The first-order valence-corrected chi connectivity index (χ1v) is 11.9. The summed E-state index contributed by atoms with van der Waals surface area (Å²) < 4.78 is 0. The number of rotatable bonds is 10. The van der Waals surface area contributed by atoms with Crippen molar-refractivity contribution in [1.82, 2.24) is 0 Å². The number of allylic oxidation sites excluding steroid dienone is 2. The molecular weight excluding hydrogens is 388 g/mol. The van der Waals surface area contributed by atoms with E-state index in [-0.39, 0.29) is 35.9 Å². The quantitative estimate of drug-likeness (QED) is 0.293. The van der Waals surface area contributed by atoms with Crippen molar-refractivity contribution in [2.24, 2.45) is 29.6 Å². The summed E-state index contributed by atoms with van der Waals surface area (Å²) in [4.78, 5) is 23.9. The lowest BCUT2D eigenvalue weighted by molar-refractivity contribution is -0.136. The number of aliphatic carboxylic acids is 1. The highest BCUT2D eigenvalue weighted by atomic mass is 16.4. The van der Waals surface area contributed by atoms with Crippen molar-refractivity contribution in [3.8, 4) is 23.7 Å². The number of aliphatic hydroxyl groups is 1. The first-order chi connectivity index (χ1) is 14.9. The molecule has 2 N–H and O–H groups in total.